The van der Waals surface area contributed by atoms with Crippen LogP contribution in [-0.2, 0) is 0 Å². The SMILES string of the molecule is COc1cc(Br)ccc1C(=O)Nc1cc(F)ccc1C. The molecule has 2 rings (SSSR count). The van der Waals surface area contributed by atoms with Crippen LogP contribution in [0.15, 0.2) is 40.9 Å². The minimum Gasteiger partial charge on any atom is -0.496 e. The Balaban J connectivity index is 2.30. The Kier molecular flexibility index (Phi) is 4.39. The highest BCUT2D eigenvalue weighted by molar-refractivity contribution is 9.10. The predicted molar refractivity (Wildman–Crippen MR) is 79.8 cm³/mol. The number of methoxy groups -OCH3 is 1. The Bertz CT molecular complexity index is 658. The average molecular weight is 338 g/mol. The highest BCUT2D eigenvalue weighted by atomic mass is 79.9. The first-order valence-electron chi connectivity index (χ1n) is 5.92. The Morgan fingerprint density at radius 3 is 2.70 bits per heavy atom. The first-order valence-corrected chi connectivity index (χ1v) is 6.71. The number of nitrogens with one attached hydrogen (secondary N) is 1. The molecule has 0 unspecified atom stereocenters. The van der Waals surface area contributed by atoms with Gasteiger partial charge in [-0.15, -0.1) is 0 Å². The predicted octanol–water partition coefficient (Wildman–Crippen LogP) is 4.16. The molecule has 0 aliphatic rings. The molecule has 0 aromatic heterocycles. The molecule has 2 aromatic carbocycles. The van der Waals surface area contributed by atoms with Gasteiger partial charge in [-0.25, -0.2) is 4.39 Å². The molecule has 0 fully saturated rings. The van der Waals surface area contributed by atoms with Crippen LogP contribution < -0.4 is 10.1 Å². The van der Waals surface area contributed by atoms with Crippen LogP contribution in [0.5, 0.6) is 5.75 Å². The molecule has 0 saturated heterocycles. The second-order valence-electron chi connectivity index (χ2n) is 4.26. The lowest BCUT2D eigenvalue weighted by molar-refractivity contribution is 0.102. The zero-order valence-corrected chi connectivity index (χ0v) is 12.6. The van der Waals surface area contributed by atoms with Crippen LogP contribution >= 0.6 is 15.9 Å². The second kappa shape index (κ2) is 6.05. The van der Waals surface area contributed by atoms with Gasteiger partial charge in [-0.2, -0.15) is 0 Å². The largest absolute Gasteiger partial charge is 0.496 e. The fraction of sp³-hybridized carbons (Fsp3) is 0.133. The van der Waals surface area contributed by atoms with E-state index in [0.29, 0.717) is 17.0 Å². The van der Waals surface area contributed by atoms with Crippen molar-refractivity contribution in [1.82, 2.24) is 0 Å². The highest BCUT2D eigenvalue weighted by Gasteiger charge is 2.14. The Hall–Kier alpha value is -1.88. The van der Waals surface area contributed by atoms with Crippen molar-refractivity contribution >= 4 is 27.5 Å². The quantitative estimate of drug-likeness (QED) is 0.913. The summed E-state index contributed by atoms with van der Waals surface area (Å²) in [5.74, 6) is -0.289. The van der Waals surface area contributed by atoms with Crippen LogP contribution in [0, 0.1) is 12.7 Å². The van der Waals surface area contributed by atoms with E-state index in [-0.39, 0.29) is 5.91 Å². The van der Waals surface area contributed by atoms with Crippen LogP contribution in [0.25, 0.3) is 0 Å². The fourth-order valence-electron chi connectivity index (χ4n) is 1.77. The van der Waals surface area contributed by atoms with Gasteiger partial charge in [0.25, 0.3) is 5.91 Å². The van der Waals surface area contributed by atoms with E-state index in [2.05, 4.69) is 21.2 Å². The number of anilines is 1. The topological polar surface area (TPSA) is 38.3 Å². The van der Waals surface area contributed by atoms with Crippen molar-refractivity contribution in [2.45, 2.75) is 6.92 Å². The van der Waals surface area contributed by atoms with E-state index >= 15 is 0 Å². The van der Waals surface area contributed by atoms with Crippen molar-refractivity contribution in [2.24, 2.45) is 0 Å². The van der Waals surface area contributed by atoms with Gasteiger partial charge in [-0.05, 0) is 42.8 Å². The molecule has 0 spiro atoms. The van der Waals surface area contributed by atoms with Crippen molar-refractivity contribution in [2.75, 3.05) is 12.4 Å². The molecule has 0 heterocycles. The lowest BCUT2D eigenvalue weighted by atomic mass is 10.1. The molecule has 3 nitrogen and oxygen atoms in total. The molecule has 1 amide bonds. The molecule has 104 valence electrons. The van der Waals surface area contributed by atoms with E-state index in [9.17, 15) is 9.18 Å². The Morgan fingerprint density at radius 2 is 2.00 bits per heavy atom. The van der Waals surface area contributed by atoms with Crippen LogP contribution in [-0.4, -0.2) is 13.0 Å². The van der Waals surface area contributed by atoms with Gasteiger partial charge in [-0.3, -0.25) is 4.79 Å². The van der Waals surface area contributed by atoms with E-state index in [1.807, 2.05) is 0 Å². The van der Waals surface area contributed by atoms with Crippen LogP contribution in [0.2, 0.25) is 0 Å². The fourth-order valence-corrected chi connectivity index (χ4v) is 2.11. The van der Waals surface area contributed by atoms with Gasteiger partial charge in [0.15, 0.2) is 0 Å². The number of hydrogen-bond acceptors (Lipinski definition) is 2. The van der Waals surface area contributed by atoms with Crippen LogP contribution in [0.4, 0.5) is 10.1 Å². The standard InChI is InChI=1S/C15H13BrFNO2/c1-9-3-5-11(17)8-13(9)18-15(19)12-6-4-10(16)7-14(12)20-2/h3-8H,1-2H3,(H,18,19). The van der Waals surface area contributed by atoms with Gasteiger partial charge in [0.1, 0.15) is 11.6 Å². The van der Waals surface area contributed by atoms with Crippen molar-refractivity contribution in [3.63, 3.8) is 0 Å². The Morgan fingerprint density at radius 1 is 1.25 bits per heavy atom. The molecular weight excluding hydrogens is 325 g/mol. The number of amides is 1. The summed E-state index contributed by atoms with van der Waals surface area (Å²) in [6, 6.07) is 9.35. The number of aryl methyl sites for hydroxylation is 1. The summed E-state index contributed by atoms with van der Waals surface area (Å²) in [5, 5.41) is 2.69. The molecule has 0 aliphatic heterocycles. The molecule has 1 N–H and O–H groups in total. The van der Waals surface area contributed by atoms with E-state index < -0.39 is 5.82 Å². The maximum Gasteiger partial charge on any atom is 0.259 e. The number of ether oxygens (including phenoxy) is 1. The van der Waals surface area contributed by atoms with Crippen molar-refractivity contribution in [3.05, 3.63) is 57.8 Å². The number of benzene rings is 2. The van der Waals surface area contributed by atoms with Crippen molar-refractivity contribution in [1.29, 1.82) is 0 Å². The van der Waals surface area contributed by atoms with Gasteiger partial charge in [0.05, 0.1) is 12.7 Å². The molecule has 2 aromatic rings. The van der Waals surface area contributed by atoms with Crippen LogP contribution in [0.1, 0.15) is 15.9 Å². The summed E-state index contributed by atoms with van der Waals surface area (Å²) >= 11 is 3.31. The molecular formula is C15H13BrFNO2. The van der Waals surface area contributed by atoms with Crippen molar-refractivity contribution < 1.29 is 13.9 Å². The van der Waals surface area contributed by atoms with Gasteiger partial charge in [0, 0.05) is 10.2 Å². The van der Waals surface area contributed by atoms with Crippen molar-refractivity contribution in [3.8, 4) is 5.75 Å². The summed E-state index contributed by atoms with van der Waals surface area (Å²) in [4.78, 5) is 12.2. The Labute approximate surface area is 124 Å². The summed E-state index contributed by atoms with van der Waals surface area (Å²) < 4.78 is 19.2. The number of carbonyl (C=O) groups excluding carboxylic acids is 1. The third-order valence-corrected chi connectivity index (χ3v) is 3.35. The minimum absolute atomic E-state index is 0.344. The average Bonchev–Trinajstić information content (AvgIpc) is 2.42. The zero-order valence-electron chi connectivity index (χ0n) is 11.0. The van der Waals surface area contributed by atoms with E-state index in [1.165, 1.54) is 19.2 Å². The maximum absolute atomic E-state index is 13.2. The molecule has 0 radical (unpaired) electrons. The second-order valence-corrected chi connectivity index (χ2v) is 5.17. The first kappa shape index (κ1) is 14.5. The highest BCUT2D eigenvalue weighted by Crippen LogP contribution is 2.25. The molecule has 5 heteroatoms. The number of hydrogen-bond donors (Lipinski definition) is 1. The summed E-state index contributed by atoms with van der Waals surface area (Å²) in [7, 11) is 1.49. The van der Waals surface area contributed by atoms with Crippen LogP contribution in [0.3, 0.4) is 0 Å². The molecule has 0 bridgehead atoms. The molecule has 20 heavy (non-hydrogen) atoms. The van der Waals surface area contributed by atoms with Gasteiger partial charge in [0.2, 0.25) is 0 Å². The maximum atomic E-state index is 13.2. The summed E-state index contributed by atoms with van der Waals surface area (Å²) in [6.45, 7) is 1.80. The normalized spacial score (nSPS) is 10.2. The molecule has 0 saturated carbocycles. The van der Waals surface area contributed by atoms with Gasteiger partial charge >= 0.3 is 0 Å². The lowest BCUT2D eigenvalue weighted by Crippen LogP contribution is -2.14. The summed E-state index contributed by atoms with van der Waals surface area (Å²) in [6.07, 6.45) is 0. The number of rotatable bonds is 3. The van der Waals surface area contributed by atoms with Gasteiger partial charge in [-0.1, -0.05) is 22.0 Å². The minimum atomic E-state index is -0.395. The third-order valence-electron chi connectivity index (χ3n) is 2.86. The first-order chi connectivity index (χ1) is 9.51. The molecule has 0 atom stereocenters. The van der Waals surface area contributed by atoms with E-state index in [4.69, 9.17) is 4.74 Å². The zero-order chi connectivity index (χ0) is 14.7. The molecule has 0 aliphatic carbocycles. The number of halogens is 2. The van der Waals surface area contributed by atoms with E-state index in [0.717, 1.165) is 10.0 Å². The smallest absolute Gasteiger partial charge is 0.259 e. The summed E-state index contributed by atoms with van der Waals surface area (Å²) in [5.41, 5.74) is 1.62. The van der Waals surface area contributed by atoms with Gasteiger partial charge < -0.3 is 10.1 Å². The monoisotopic (exact) mass is 337 g/mol. The lowest BCUT2D eigenvalue weighted by Gasteiger charge is -2.11. The van der Waals surface area contributed by atoms with E-state index in [1.54, 1.807) is 31.2 Å². The number of carbonyl (C=O) groups is 1. The third kappa shape index (κ3) is 3.17.